The van der Waals surface area contributed by atoms with Gasteiger partial charge in [0.15, 0.2) is 0 Å². The highest BCUT2D eigenvalue weighted by Crippen LogP contribution is 2.34. The van der Waals surface area contributed by atoms with Crippen molar-refractivity contribution in [2.75, 3.05) is 19.6 Å². The van der Waals surface area contributed by atoms with E-state index in [1.54, 1.807) is 0 Å². The smallest absolute Gasteiger partial charge is 0.0136 e. The zero-order chi connectivity index (χ0) is 9.97. The Morgan fingerprint density at radius 1 is 1.29 bits per heavy atom. The normalized spacial score (nSPS) is 34.7. The van der Waals surface area contributed by atoms with E-state index in [2.05, 4.69) is 11.8 Å². The van der Waals surface area contributed by atoms with Crippen molar-refractivity contribution in [3.63, 3.8) is 0 Å². The van der Waals surface area contributed by atoms with Gasteiger partial charge in [0, 0.05) is 19.1 Å². The lowest BCUT2D eigenvalue weighted by Crippen LogP contribution is -2.53. The highest BCUT2D eigenvalue weighted by molar-refractivity contribution is 4.92. The largest absolute Gasteiger partial charge is 0.330 e. The molecule has 1 aliphatic carbocycles. The number of hydrogen-bond acceptors (Lipinski definition) is 2. The Hall–Kier alpha value is -0.0800. The fraction of sp³-hybridized carbons (Fsp3) is 1.00. The summed E-state index contributed by atoms with van der Waals surface area (Å²) in [4.78, 5) is 2.69. The molecule has 0 bridgehead atoms. The molecule has 2 atom stereocenters. The fourth-order valence-corrected chi connectivity index (χ4v) is 3.24. The molecule has 0 aromatic carbocycles. The van der Waals surface area contributed by atoms with E-state index in [4.69, 9.17) is 5.73 Å². The Morgan fingerprint density at radius 2 is 2.07 bits per heavy atom. The topological polar surface area (TPSA) is 29.3 Å². The number of nitrogens with zero attached hydrogens (tertiary/aromatic N) is 1. The molecule has 0 aromatic heterocycles. The molecule has 2 aliphatic rings. The molecule has 1 aliphatic heterocycles. The van der Waals surface area contributed by atoms with Crippen LogP contribution in [0, 0.1) is 11.8 Å². The molecular weight excluding hydrogens is 172 g/mol. The Morgan fingerprint density at radius 3 is 2.71 bits per heavy atom. The van der Waals surface area contributed by atoms with Gasteiger partial charge in [-0.2, -0.15) is 0 Å². The molecule has 2 unspecified atom stereocenters. The van der Waals surface area contributed by atoms with Crippen LogP contribution < -0.4 is 5.73 Å². The van der Waals surface area contributed by atoms with Crippen molar-refractivity contribution in [1.82, 2.24) is 4.90 Å². The second-order valence-corrected chi connectivity index (χ2v) is 5.10. The van der Waals surface area contributed by atoms with Crippen molar-refractivity contribution in [3.8, 4) is 0 Å². The summed E-state index contributed by atoms with van der Waals surface area (Å²) in [6.45, 7) is 5.91. The van der Waals surface area contributed by atoms with Crippen molar-refractivity contribution in [1.29, 1.82) is 0 Å². The van der Waals surface area contributed by atoms with Crippen molar-refractivity contribution < 1.29 is 0 Å². The molecule has 1 heterocycles. The van der Waals surface area contributed by atoms with Gasteiger partial charge in [0.2, 0.25) is 0 Å². The Kier molecular flexibility index (Phi) is 3.45. The summed E-state index contributed by atoms with van der Waals surface area (Å²) in [6, 6.07) is 0.841. The van der Waals surface area contributed by atoms with Crippen molar-refractivity contribution in [3.05, 3.63) is 0 Å². The van der Waals surface area contributed by atoms with Crippen molar-refractivity contribution >= 4 is 0 Å². The zero-order valence-electron chi connectivity index (χ0n) is 9.41. The Balaban J connectivity index is 1.75. The van der Waals surface area contributed by atoms with Crippen LogP contribution >= 0.6 is 0 Å². The van der Waals surface area contributed by atoms with Gasteiger partial charge >= 0.3 is 0 Å². The third-order valence-electron chi connectivity index (χ3n) is 4.07. The molecule has 14 heavy (non-hydrogen) atoms. The molecule has 2 nitrogen and oxygen atoms in total. The van der Waals surface area contributed by atoms with Crippen LogP contribution in [0.1, 0.15) is 39.0 Å². The minimum absolute atomic E-state index is 0.803. The first-order valence-corrected chi connectivity index (χ1v) is 6.29. The molecule has 0 amide bonds. The summed E-state index contributed by atoms with van der Waals surface area (Å²) in [6.07, 6.45) is 6.96. The van der Waals surface area contributed by atoms with Crippen LogP contribution in [0.2, 0.25) is 0 Å². The monoisotopic (exact) mass is 196 g/mol. The van der Waals surface area contributed by atoms with E-state index in [9.17, 15) is 0 Å². The van der Waals surface area contributed by atoms with Crippen LogP contribution in [0.15, 0.2) is 0 Å². The fourth-order valence-electron chi connectivity index (χ4n) is 3.24. The molecule has 0 aromatic rings. The molecule has 2 rings (SSSR count). The second kappa shape index (κ2) is 4.63. The molecule has 0 radical (unpaired) electrons. The minimum atomic E-state index is 0.803. The highest BCUT2D eigenvalue weighted by Gasteiger charge is 2.37. The standard InChI is InChI=1S/C12H24N2/c1-2-4-10-8-14(9-10)12-6-3-5-11(12)7-13/h10-12H,2-9,13H2,1H3. The third-order valence-corrected chi connectivity index (χ3v) is 4.07. The van der Waals surface area contributed by atoms with Gasteiger partial charge in [0.05, 0.1) is 0 Å². The molecule has 2 N–H and O–H groups in total. The van der Waals surface area contributed by atoms with Gasteiger partial charge in [-0.25, -0.2) is 0 Å². The van der Waals surface area contributed by atoms with Crippen molar-refractivity contribution in [2.24, 2.45) is 17.6 Å². The van der Waals surface area contributed by atoms with Gasteiger partial charge in [-0.1, -0.05) is 19.8 Å². The molecule has 0 spiro atoms. The number of nitrogens with two attached hydrogens (primary N) is 1. The SMILES string of the molecule is CCCC1CN(C2CCCC2CN)C1. The summed E-state index contributed by atoms with van der Waals surface area (Å²) in [5, 5.41) is 0. The van der Waals surface area contributed by atoms with E-state index in [-0.39, 0.29) is 0 Å². The van der Waals surface area contributed by atoms with Crippen LogP contribution in [0.25, 0.3) is 0 Å². The Labute approximate surface area is 87.8 Å². The van der Waals surface area contributed by atoms with E-state index in [1.165, 1.54) is 45.2 Å². The second-order valence-electron chi connectivity index (χ2n) is 5.10. The van der Waals surface area contributed by atoms with Gasteiger partial charge in [-0.05, 0) is 37.6 Å². The first-order valence-electron chi connectivity index (χ1n) is 6.29. The van der Waals surface area contributed by atoms with Crippen LogP contribution in [-0.4, -0.2) is 30.6 Å². The van der Waals surface area contributed by atoms with E-state index in [0.29, 0.717) is 0 Å². The van der Waals surface area contributed by atoms with Gasteiger partial charge in [0.25, 0.3) is 0 Å². The molecular formula is C12H24N2. The van der Waals surface area contributed by atoms with E-state index < -0.39 is 0 Å². The van der Waals surface area contributed by atoms with Crippen molar-refractivity contribution in [2.45, 2.75) is 45.1 Å². The summed E-state index contributed by atoms with van der Waals surface area (Å²) >= 11 is 0. The summed E-state index contributed by atoms with van der Waals surface area (Å²) in [5.74, 6) is 1.80. The maximum atomic E-state index is 5.81. The molecule has 82 valence electrons. The molecule has 2 fully saturated rings. The summed E-state index contributed by atoms with van der Waals surface area (Å²) in [7, 11) is 0. The maximum Gasteiger partial charge on any atom is 0.0136 e. The number of hydrogen-bond donors (Lipinski definition) is 1. The number of rotatable bonds is 4. The Bertz CT molecular complexity index is 175. The first-order chi connectivity index (χ1) is 6.85. The molecule has 2 heteroatoms. The highest BCUT2D eigenvalue weighted by atomic mass is 15.2. The third kappa shape index (κ3) is 1.96. The summed E-state index contributed by atoms with van der Waals surface area (Å²) in [5.41, 5.74) is 5.81. The number of likely N-dealkylation sites (tertiary alicyclic amines) is 1. The average Bonchev–Trinajstić information content (AvgIpc) is 2.58. The molecule has 1 saturated heterocycles. The predicted octanol–water partition coefficient (Wildman–Crippen LogP) is 1.85. The van der Waals surface area contributed by atoms with Gasteiger partial charge in [0.1, 0.15) is 0 Å². The lowest BCUT2D eigenvalue weighted by molar-refractivity contribution is 0.0323. The van der Waals surface area contributed by atoms with Gasteiger partial charge in [-0.3, -0.25) is 4.90 Å². The zero-order valence-corrected chi connectivity index (χ0v) is 9.41. The van der Waals surface area contributed by atoms with Crippen LogP contribution in [0.3, 0.4) is 0 Å². The van der Waals surface area contributed by atoms with Crippen LogP contribution in [0.5, 0.6) is 0 Å². The van der Waals surface area contributed by atoms with Gasteiger partial charge in [-0.15, -0.1) is 0 Å². The average molecular weight is 196 g/mol. The quantitative estimate of drug-likeness (QED) is 0.743. The van der Waals surface area contributed by atoms with E-state index in [0.717, 1.165) is 24.4 Å². The maximum absolute atomic E-state index is 5.81. The summed E-state index contributed by atoms with van der Waals surface area (Å²) < 4.78 is 0. The van der Waals surface area contributed by atoms with E-state index in [1.807, 2.05) is 0 Å². The van der Waals surface area contributed by atoms with Crippen LogP contribution in [0.4, 0.5) is 0 Å². The minimum Gasteiger partial charge on any atom is -0.330 e. The van der Waals surface area contributed by atoms with E-state index >= 15 is 0 Å². The predicted molar refractivity (Wildman–Crippen MR) is 60.2 cm³/mol. The lowest BCUT2D eigenvalue weighted by atomic mass is 9.90. The van der Waals surface area contributed by atoms with Crippen LogP contribution in [-0.2, 0) is 0 Å². The lowest BCUT2D eigenvalue weighted by Gasteiger charge is -2.45. The van der Waals surface area contributed by atoms with Gasteiger partial charge < -0.3 is 5.73 Å². The molecule has 1 saturated carbocycles. The first kappa shape index (κ1) is 10.4.